The zero-order valence-electron chi connectivity index (χ0n) is 15.5. The summed E-state index contributed by atoms with van der Waals surface area (Å²) in [7, 11) is 0. The van der Waals surface area contributed by atoms with E-state index in [2.05, 4.69) is 10.3 Å². The molecule has 1 fully saturated rings. The van der Waals surface area contributed by atoms with Crippen molar-refractivity contribution in [3.05, 3.63) is 71.9 Å². The van der Waals surface area contributed by atoms with Gasteiger partial charge in [-0.3, -0.25) is 4.79 Å². The van der Waals surface area contributed by atoms with Gasteiger partial charge in [-0.2, -0.15) is 0 Å². The molecule has 146 valence electrons. The van der Waals surface area contributed by atoms with Crippen molar-refractivity contribution < 1.29 is 14.3 Å². The van der Waals surface area contributed by atoms with E-state index in [1.807, 2.05) is 28.8 Å². The molecule has 2 N–H and O–H groups in total. The Balaban J connectivity index is 1.39. The minimum absolute atomic E-state index is 0.172. The Hall–Kier alpha value is -2.77. The molecule has 7 heteroatoms. The molecule has 0 unspecified atom stereocenters. The first-order valence-electron chi connectivity index (χ1n) is 9.43. The molecule has 0 bridgehead atoms. The molecule has 0 spiro atoms. The molecule has 1 aliphatic heterocycles. The third-order valence-corrected chi connectivity index (χ3v) is 5.21. The van der Waals surface area contributed by atoms with Crippen LogP contribution in [0.2, 0.25) is 0 Å². The Labute approximate surface area is 162 Å². The molecule has 1 aromatic carbocycles. The van der Waals surface area contributed by atoms with E-state index in [1.54, 1.807) is 23.2 Å². The van der Waals surface area contributed by atoms with Gasteiger partial charge in [0.15, 0.2) is 5.60 Å². The summed E-state index contributed by atoms with van der Waals surface area (Å²) in [6.07, 6.45) is 4.87. The van der Waals surface area contributed by atoms with Gasteiger partial charge >= 0.3 is 0 Å². The smallest absolute Gasteiger partial charge is 0.256 e. The van der Waals surface area contributed by atoms with Crippen molar-refractivity contribution in [2.45, 2.75) is 31.5 Å². The van der Waals surface area contributed by atoms with Gasteiger partial charge in [0.1, 0.15) is 11.5 Å². The van der Waals surface area contributed by atoms with Gasteiger partial charge in [0.2, 0.25) is 0 Å². The minimum Gasteiger partial charge on any atom is -0.379 e. The van der Waals surface area contributed by atoms with Crippen LogP contribution in [-0.2, 0) is 17.9 Å². The van der Waals surface area contributed by atoms with Crippen LogP contribution in [0, 0.1) is 5.82 Å². The van der Waals surface area contributed by atoms with Gasteiger partial charge in [-0.25, -0.2) is 9.37 Å². The highest BCUT2D eigenvalue weighted by atomic mass is 19.1. The highest BCUT2D eigenvalue weighted by Gasteiger charge is 2.41. The SMILES string of the molecule is O=C1N(Cc2ccc(F)cc2)CCC[C@]1(O)CNCc1cnc2ccccn12. The Morgan fingerprint density at radius 3 is 2.86 bits per heavy atom. The standard InChI is InChI=1S/C21H23FN4O2/c22-17-7-5-16(6-8-17)14-25-10-3-9-21(28,20(25)27)15-23-12-18-13-24-19-4-1-2-11-26(18)19/h1-2,4-8,11,13,23,28H,3,9-10,12,14-15H2/t21-/m0/s1. The summed E-state index contributed by atoms with van der Waals surface area (Å²) in [5.74, 6) is -0.587. The van der Waals surface area contributed by atoms with Gasteiger partial charge < -0.3 is 19.7 Å². The number of nitrogens with one attached hydrogen (secondary N) is 1. The predicted octanol–water partition coefficient (Wildman–Crippen LogP) is 2.12. The number of fused-ring (bicyclic) bond motifs is 1. The Morgan fingerprint density at radius 2 is 2.04 bits per heavy atom. The highest BCUT2D eigenvalue weighted by molar-refractivity contribution is 5.86. The van der Waals surface area contributed by atoms with Crippen LogP contribution in [0.15, 0.2) is 54.9 Å². The van der Waals surface area contributed by atoms with Crippen molar-refractivity contribution in [1.82, 2.24) is 19.6 Å². The van der Waals surface area contributed by atoms with Crippen LogP contribution in [0.5, 0.6) is 0 Å². The summed E-state index contributed by atoms with van der Waals surface area (Å²) in [6, 6.07) is 11.9. The first kappa shape index (κ1) is 18.6. The van der Waals surface area contributed by atoms with Crippen LogP contribution in [-0.4, -0.2) is 44.0 Å². The van der Waals surface area contributed by atoms with E-state index in [1.165, 1.54) is 12.1 Å². The van der Waals surface area contributed by atoms with E-state index in [4.69, 9.17) is 0 Å². The van der Waals surface area contributed by atoms with Gasteiger partial charge in [0.05, 0.1) is 11.9 Å². The van der Waals surface area contributed by atoms with Crippen LogP contribution in [0.3, 0.4) is 0 Å². The van der Waals surface area contributed by atoms with Crippen molar-refractivity contribution in [3.63, 3.8) is 0 Å². The average molecular weight is 382 g/mol. The van der Waals surface area contributed by atoms with Crippen LogP contribution in [0.25, 0.3) is 5.65 Å². The third kappa shape index (κ3) is 3.76. The fourth-order valence-corrected chi connectivity index (χ4v) is 3.70. The number of pyridine rings is 1. The number of likely N-dealkylation sites (tertiary alicyclic amines) is 1. The summed E-state index contributed by atoms with van der Waals surface area (Å²) >= 11 is 0. The zero-order chi connectivity index (χ0) is 19.6. The van der Waals surface area contributed by atoms with Gasteiger partial charge in [0.25, 0.3) is 5.91 Å². The molecule has 1 amide bonds. The first-order chi connectivity index (χ1) is 13.5. The van der Waals surface area contributed by atoms with Crippen LogP contribution >= 0.6 is 0 Å². The second-order valence-corrected chi connectivity index (χ2v) is 7.27. The maximum atomic E-state index is 13.1. The number of hydrogen-bond donors (Lipinski definition) is 2. The summed E-state index contributed by atoms with van der Waals surface area (Å²) in [5, 5.41) is 14.1. The van der Waals surface area contributed by atoms with E-state index in [-0.39, 0.29) is 18.3 Å². The van der Waals surface area contributed by atoms with Crippen LogP contribution in [0.4, 0.5) is 4.39 Å². The monoisotopic (exact) mass is 382 g/mol. The summed E-state index contributed by atoms with van der Waals surface area (Å²) in [6.45, 7) is 1.63. The van der Waals surface area contributed by atoms with E-state index in [0.29, 0.717) is 26.1 Å². The van der Waals surface area contributed by atoms with E-state index in [9.17, 15) is 14.3 Å². The number of amides is 1. The lowest BCUT2D eigenvalue weighted by Crippen LogP contribution is -2.57. The Bertz CT molecular complexity index is 972. The number of carbonyl (C=O) groups is 1. The molecule has 3 aromatic rings. The van der Waals surface area contributed by atoms with E-state index >= 15 is 0 Å². The molecule has 4 rings (SSSR count). The number of benzene rings is 1. The summed E-state index contributed by atoms with van der Waals surface area (Å²) in [4.78, 5) is 18.9. The highest BCUT2D eigenvalue weighted by Crippen LogP contribution is 2.24. The molecule has 0 radical (unpaired) electrons. The van der Waals surface area contributed by atoms with Gasteiger partial charge in [0, 0.05) is 32.4 Å². The Morgan fingerprint density at radius 1 is 1.21 bits per heavy atom. The third-order valence-electron chi connectivity index (χ3n) is 5.21. The maximum Gasteiger partial charge on any atom is 0.256 e. The van der Waals surface area contributed by atoms with Crippen molar-refractivity contribution in [2.24, 2.45) is 0 Å². The normalized spacial score (nSPS) is 20.1. The number of nitrogens with zero attached hydrogens (tertiary/aromatic N) is 3. The molecule has 1 aliphatic rings. The number of aromatic nitrogens is 2. The topological polar surface area (TPSA) is 69.9 Å². The van der Waals surface area contributed by atoms with Crippen LogP contribution < -0.4 is 5.32 Å². The number of halogens is 1. The minimum atomic E-state index is -1.43. The molecule has 2 aromatic heterocycles. The molecule has 0 saturated carbocycles. The van der Waals surface area contributed by atoms with E-state index in [0.717, 1.165) is 23.3 Å². The molecule has 1 saturated heterocycles. The number of carbonyl (C=O) groups excluding carboxylic acids is 1. The van der Waals surface area contributed by atoms with Crippen molar-refractivity contribution in [3.8, 4) is 0 Å². The number of hydrogen-bond acceptors (Lipinski definition) is 4. The number of rotatable bonds is 6. The molecule has 28 heavy (non-hydrogen) atoms. The second kappa shape index (κ2) is 7.69. The second-order valence-electron chi connectivity index (χ2n) is 7.27. The van der Waals surface area contributed by atoms with E-state index < -0.39 is 5.60 Å². The molecule has 6 nitrogen and oxygen atoms in total. The fraction of sp³-hybridized carbons (Fsp3) is 0.333. The average Bonchev–Trinajstić information content (AvgIpc) is 3.11. The lowest BCUT2D eigenvalue weighted by Gasteiger charge is -2.38. The lowest BCUT2D eigenvalue weighted by atomic mass is 9.91. The predicted molar refractivity (Wildman–Crippen MR) is 103 cm³/mol. The maximum absolute atomic E-state index is 13.1. The molecule has 0 aliphatic carbocycles. The van der Waals surface area contributed by atoms with Crippen molar-refractivity contribution in [2.75, 3.05) is 13.1 Å². The van der Waals surface area contributed by atoms with Gasteiger partial charge in [-0.15, -0.1) is 0 Å². The lowest BCUT2D eigenvalue weighted by molar-refractivity contribution is -0.157. The quantitative estimate of drug-likeness (QED) is 0.685. The Kier molecular flexibility index (Phi) is 5.11. The van der Waals surface area contributed by atoms with Gasteiger partial charge in [-0.05, 0) is 42.7 Å². The largest absolute Gasteiger partial charge is 0.379 e. The molecular formula is C21H23FN4O2. The number of piperidine rings is 1. The zero-order valence-corrected chi connectivity index (χ0v) is 15.5. The van der Waals surface area contributed by atoms with Gasteiger partial charge in [-0.1, -0.05) is 18.2 Å². The van der Waals surface area contributed by atoms with Crippen molar-refractivity contribution >= 4 is 11.6 Å². The summed E-state index contributed by atoms with van der Waals surface area (Å²) in [5.41, 5.74) is 1.24. The summed E-state index contributed by atoms with van der Waals surface area (Å²) < 4.78 is 15.1. The number of aliphatic hydroxyl groups is 1. The molecule has 3 heterocycles. The first-order valence-corrected chi connectivity index (χ1v) is 9.43. The van der Waals surface area contributed by atoms with Crippen LogP contribution in [0.1, 0.15) is 24.1 Å². The molecular weight excluding hydrogens is 359 g/mol. The number of imidazole rings is 1. The van der Waals surface area contributed by atoms with Crippen molar-refractivity contribution in [1.29, 1.82) is 0 Å². The fourth-order valence-electron chi connectivity index (χ4n) is 3.70. The molecule has 1 atom stereocenters.